The number of carbonyl (C=O) groups is 8. The Hall–Kier alpha value is -6.03. The number of anilines is 2. The van der Waals surface area contributed by atoms with Crippen molar-refractivity contribution in [2.45, 2.75) is 181 Å². The molecule has 1 unspecified atom stereocenters. The number of ether oxygens (including phenoxy) is 4. The highest BCUT2D eigenvalue weighted by atomic mass is 32.2. The number of Topliss-reactive ketones (excluding diaryl/α,β-unsaturated/α-hetero) is 1. The number of likely N-dealkylation sites (N-methyl/N-ethyl adjacent to an activating group) is 2. The molecule has 11 atom stereocenters. The van der Waals surface area contributed by atoms with Gasteiger partial charge in [0.15, 0.2) is 5.78 Å². The number of likely N-dealkylation sites (tertiary alicyclic amines) is 1. The standard InChI is InChI=1S/C63H97N7O13S/c1-14-41(6)57(52(80-11)36-55(74)70-33-23-28-50(70)59(81-12)42(7)60(76)65-43(8)58(75)45-24-19-18-20-25-45)68(9)61(77)47(39(2)3)35-51(71)56(40(4)5)69(10)63(79)82-37-44-29-30-48(67-62(78)83-46-26-21-16-15-17-22-27-46)49(34-44)66-53(72)31-32-64-54(73)38-84-13/h18-21,24-26,29-30,34,39-43,46-47,50,52,56-59,75H,14-17,22-23,27-28,31-33,35-38H2,1-13H3,(H,64,73)(H,65,76)(H,66,72)(H,67,78)/b26-21+/t41-,42+,43+,46?,47-,50-,52+,56-,57-,58+,59+/m0/s1. The Kier molecular flexibility index (Phi) is 29.7. The van der Waals surface area contributed by atoms with E-state index in [0.29, 0.717) is 43.4 Å². The molecule has 2 aliphatic rings. The van der Waals surface area contributed by atoms with Gasteiger partial charge in [-0.1, -0.05) is 104 Å². The fraction of sp³-hybridized carbons (Fsp3) is 0.651. The van der Waals surface area contributed by atoms with Gasteiger partial charge >= 0.3 is 12.2 Å². The monoisotopic (exact) mass is 1190 g/mol. The molecule has 5 N–H and O–H groups in total. The lowest BCUT2D eigenvalue weighted by Gasteiger charge is -2.41. The molecule has 1 aliphatic heterocycles. The first-order valence-corrected chi connectivity index (χ1v) is 31.3. The Morgan fingerprint density at radius 3 is 2.17 bits per heavy atom. The Labute approximate surface area is 503 Å². The zero-order valence-electron chi connectivity index (χ0n) is 52.0. The number of rotatable bonds is 31. The summed E-state index contributed by atoms with van der Waals surface area (Å²) in [6, 6.07) is 11.3. The van der Waals surface area contributed by atoms with E-state index in [1.165, 1.54) is 37.9 Å². The first kappa shape index (κ1) is 70.5. The Balaban J connectivity index is 1.46. The summed E-state index contributed by atoms with van der Waals surface area (Å²) < 4.78 is 23.6. The summed E-state index contributed by atoms with van der Waals surface area (Å²) in [5.41, 5.74) is 1.58. The van der Waals surface area contributed by atoms with E-state index in [1.54, 1.807) is 67.3 Å². The van der Waals surface area contributed by atoms with Crippen molar-refractivity contribution in [3.05, 3.63) is 71.8 Å². The normalized spacial score (nSPS) is 18.9. The lowest BCUT2D eigenvalue weighted by atomic mass is 9.83. The SMILES string of the molecule is CC[C@H](C)[C@@H]([C@@H](CC(=O)N1CCC[C@H]1[C@H](OC)[C@@H](C)C(=O)N[C@H](C)[C@@H](O)c1ccccc1)OC)N(C)C(=O)[C@@H](CC(=O)[C@H](C(C)C)N(C)C(=O)OCc1ccc(NC(=O)OC2/C=C/CCCCC2)c(NC(=O)CCNC(=O)CSC)c1)C(C)C. The topological polar surface area (TPSA) is 252 Å². The van der Waals surface area contributed by atoms with Gasteiger partial charge in [-0.3, -0.25) is 34.1 Å². The van der Waals surface area contributed by atoms with E-state index in [0.717, 1.165) is 25.7 Å². The number of nitrogens with zero attached hydrogens (tertiary/aromatic N) is 3. The molecule has 7 amide bonds. The van der Waals surface area contributed by atoms with Gasteiger partial charge in [0.2, 0.25) is 29.5 Å². The summed E-state index contributed by atoms with van der Waals surface area (Å²) in [5, 5.41) is 22.1. The van der Waals surface area contributed by atoms with Crippen LogP contribution in [0.3, 0.4) is 0 Å². The molecule has 0 aromatic heterocycles. The summed E-state index contributed by atoms with van der Waals surface area (Å²) in [6.07, 6.45) is 7.71. The van der Waals surface area contributed by atoms with Crippen LogP contribution in [-0.4, -0.2) is 163 Å². The summed E-state index contributed by atoms with van der Waals surface area (Å²) in [4.78, 5) is 115. The van der Waals surface area contributed by atoms with Gasteiger partial charge in [-0.05, 0) is 98.8 Å². The van der Waals surface area contributed by atoms with Crippen molar-refractivity contribution in [3.8, 4) is 0 Å². The number of aliphatic hydroxyl groups is 1. The molecule has 0 saturated carbocycles. The summed E-state index contributed by atoms with van der Waals surface area (Å²) in [6.45, 7) is 15.1. The second kappa shape index (κ2) is 35.4. The van der Waals surface area contributed by atoms with Crippen molar-refractivity contribution in [2.75, 3.05) is 64.0 Å². The van der Waals surface area contributed by atoms with Gasteiger partial charge in [0.05, 0.1) is 71.9 Å². The average molecular weight is 1190 g/mol. The van der Waals surface area contributed by atoms with Gasteiger partial charge in [-0.25, -0.2) is 9.59 Å². The number of nitrogens with one attached hydrogen (secondary N) is 4. The maximum absolute atomic E-state index is 14.9. The van der Waals surface area contributed by atoms with E-state index in [2.05, 4.69) is 21.3 Å². The maximum atomic E-state index is 14.9. The maximum Gasteiger partial charge on any atom is 0.412 e. The molecule has 1 fully saturated rings. The fourth-order valence-electron chi connectivity index (χ4n) is 11.4. The summed E-state index contributed by atoms with van der Waals surface area (Å²) in [7, 11) is 6.21. The molecule has 0 bridgehead atoms. The minimum atomic E-state index is -0.981. The minimum absolute atomic E-state index is 0.0531. The van der Waals surface area contributed by atoms with Gasteiger partial charge in [0, 0.05) is 60.2 Å². The van der Waals surface area contributed by atoms with Crippen molar-refractivity contribution in [1.29, 1.82) is 0 Å². The fourth-order valence-corrected chi connectivity index (χ4v) is 11.8. The predicted octanol–water partition coefficient (Wildman–Crippen LogP) is 8.91. The molecule has 0 radical (unpaired) electrons. The lowest BCUT2D eigenvalue weighted by molar-refractivity contribution is -0.149. The summed E-state index contributed by atoms with van der Waals surface area (Å²) in [5.74, 6) is -3.86. The highest BCUT2D eigenvalue weighted by Crippen LogP contribution is 2.32. The second-order valence-corrected chi connectivity index (χ2v) is 24.1. The molecular formula is C63H97N7O13S. The molecule has 4 rings (SSSR count). The second-order valence-electron chi connectivity index (χ2n) is 23.2. The Bertz CT molecular complexity index is 2500. The Morgan fingerprint density at radius 1 is 0.810 bits per heavy atom. The van der Waals surface area contributed by atoms with Crippen molar-refractivity contribution >= 4 is 70.6 Å². The number of aliphatic hydroxyl groups excluding tert-OH is 1. The van der Waals surface area contributed by atoms with Gasteiger partial charge in [-0.2, -0.15) is 11.8 Å². The molecule has 2 aromatic rings. The lowest BCUT2D eigenvalue weighted by Crippen LogP contribution is -2.55. The molecule has 2 aromatic carbocycles. The van der Waals surface area contributed by atoms with Crippen molar-refractivity contribution in [3.63, 3.8) is 0 Å². The van der Waals surface area contributed by atoms with Crippen LogP contribution < -0.4 is 21.3 Å². The molecule has 21 heteroatoms. The van der Waals surface area contributed by atoms with Crippen LogP contribution in [0, 0.1) is 29.6 Å². The third-order valence-electron chi connectivity index (χ3n) is 16.3. The molecule has 1 aliphatic carbocycles. The number of benzene rings is 2. The number of hydrogen-bond donors (Lipinski definition) is 5. The minimum Gasteiger partial charge on any atom is -0.445 e. The highest BCUT2D eigenvalue weighted by Gasteiger charge is 2.44. The van der Waals surface area contributed by atoms with E-state index in [1.807, 2.05) is 71.9 Å². The molecule has 1 saturated heterocycles. The van der Waals surface area contributed by atoms with Crippen molar-refractivity contribution in [2.24, 2.45) is 29.6 Å². The number of hydrogen-bond acceptors (Lipinski definition) is 14. The molecule has 20 nitrogen and oxygen atoms in total. The van der Waals surface area contributed by atoms with E-state index in [4.69, 9.17) is 18.9 Å². The number of ketones is 1. The third kappa shape index (κ3) is 20.9. The van der Waals surface area contributed by atoms with Crippen LogP contribution >= 0.6 is 11.8 Å². The van der Waals surface area contributed by atoms with Crippen LogP contribution in [-0.2, 0) is 54.3 Å². The number of methoxy groups -OCH3 is 2. The highest BCUT2D eigenvalue weighted by molar-refractivity contribution is 7.99. The van der Waals surface area contributed by atoms with Crippen molar-refractivity contribution < 1.29 is 62.4 Å². The zero-order chi connectivity index (χ0) is 62.2. The Morgan fingerprint density at radius 2 is 1.52 bits per heavy atom. The van der Waals surface area contributed by atoms with Gasteiger partial charge in [0.25, 0.3) is 0 Å². The van der Waals surface area contributed by atoms with Crippen molar-refractivity contribution in [1.82, 2.24) is 25.3 Å². The van der Waals surface area contributed by atoms with E-state index < -0.39 is 78.5 Å². The number of thioether (sulfide) groups is 1. The van der Waals surface area contributed by atoms with E-state index in [-0.39, 0.29) is 96.7 Å². The largest absolute Gasteiger partial charge is 0.445 e. The van der Waals surface area contributed by atoms with Crippen LogP contribution in [0.2, 0.25) is 0 Å². The quantitative estimate of drug-likeness (QED) is 0.0442. The number of carbonyl (C=O) groups excluding carboxylic acids is 8. The van der Waals surface area contributed by atoms with Gasteiger partial charge in [-0.15, -0.1) is 0 Å². The molecular weight excluding hydrogens is 1090 g/mol. The third-order valence-corrected chi connectivity index (χ3v) is 16.9. The number of amides is 7. The van der Waals surface area contributed by atoms with Gasteiger partial charge < -0.3 is 54.7 Å². The summed E-state index contributed by atoms with van der Waals surface area (Å²) >= 11 is 1.36. The molecule has 468 valence electrons. The average Bonchev–Trinajstić information content (AvgIpc) is 3.44. The van der Waals surface area contributed by atoms with Crippen LogP contribution in [0.15, 0.2) is 60.7 Å². The number of allylic oxidation sites excluding steroid dienone is 1. The first-order valence-electron chi connectivity index (χ1n) is 29.9. The molecule has 0 spiro atoms. The molecule has 1 heterocycles. The molecule has 84 heavy (non-hydrogen) atoms. The first-order chi connectivity index (χ1) is 40.0. The smallest absolute Gasteiger partial charge is 0.412 e. The van der Waals surface area contributed by atoms with Gasteiger partial charge in [0.1, 0.15) is 12.7 Å². The van der Waals surface area contributed by atoms with E-state index >= 15 is 0 Å². The zero-order valence-corrected chi connectivity index (χ0v) is 52.8. The van der Waals surface area contributed by atoms with Crippen LogP contribution in [0.1, 0.15) is 143 Å². The van der Waals surface area contributed by atoms with Crippen LogP contribution in [0.25, 0.3) is 0 Å². The van der Waals surface area contributed by atoms with E-state index in [9.17, 15) is 43.5 Å². The van der Waals surface area contributed by atoms with Crippen LogP contribution in [0.4, 0.5) is 21.0 Å². The predicted molar refractivity (Wildman–Crippen MR) is 327 cm³/mol. The van der Waals surface area contributed by atoms with Crippen LogP contribution in [0.5, 0.6) is 0 Å².